The van der Waals surface area contributed by atoms with Crippen LogP contribution in [0.4, 0.5) is 5.69 Å². The molecule has 0 aliphatic carbocycles. The van der Waals surface area contributed by atoms with E-state index in [0.717, 1.165) is 5.69 Å². The average Bonchev–Trinajstić information content (AvgIpc) is 2.56. The number of anilines is 1. The van der Waals surface area contributed by atoms with Crippen molar-refractivity contribution in [3.05, 3.63) is 54.1 Å². The predicted octanol–water partition coefficient (Wildman–Crippen LogP) is 2.23. The molecule has 0 radical (unpaired) electrons. The Morgan fingerprint density at radius 3 is 2.04 bits per heavy atom. The third-order valence-electron chi connectivity index (χ3n) is 3.76. The van der Waals surface area contributed by atoms with Crippen LogP contribution in [0, 0.1) is 0 Å². The molecule has 0 fully saturated rings. The molecule has 0 saturated heterocycles. The molecule has 0 aliphatic heterocycles. The highest BCUT2D eigenvalue weighted by molar-refractivity contribution is 7.91. The van der Waals surface area contributed by atoms with Crippen molar-refractivity contribution >= 4 is 15.5 Å². The van der Waals surface area contributed by atoms with E-state index in [1.165, 1.54) is 0 Å². The maximum atomic E-state index is 12.9. The maximum absolute atomic E-state index is 12.9. The van der Waals surface area contributed by atoms with E-state index >= 15 is 0 Å². The average molecular weight is 334 g/mol. The van der Waals surface area contributed by atoms with E-state index < -0.39 is 15.1 Å². The van der Waals surface area contributed by atoms with Crippen LogP contribution in [0.5, 0.6) is 5.75 Å². The molecule has 6 heteroatoms. The van der Waals surface area contributed by atoms with Crippen LogP contribution in [-0.4, -0.2) is 36.2 Å². The second kappa shape index (κ2) is 7.02. The van der Waals surface area contributed by atoms with Gasteiger partial charge >= 0.3 is 0 Å². The molecule has 0 spiro atoms. The van der Waals surface area contributed by atoms with Gasteiger partial charge in [0.15, 0.2) is 9.84 Å². The minimum absolute atomic E-state index is 0.0235. The Balaban J connectivity index is 2.37. The summed E-state index contributed by atoms with van der Waals surface area (Å²) in [5, 5.41) is -0.771. The fraction of sp³-hybridized carbons (Fsp3) is 0.294. The van der Waals surface area contributed by atoms with Gasteiger partial charge in [-0.1, -0.05) is 12.1 Å². The van der Waals surface area contributed by atoms with Gasteiger partial charge in [-0.05, 0) is 42.0 Å². The standard InChI is InChI=1S/C17H22N2O3S/c1-19(2)14-6-4-13(5-7-14)17(12-18)23(20,21)16-10-8-15(22-3)9-11-16/h4-11,17H,12,18H2,1-3H3/t17-/m1/s1. The number of rotatable bonds is 6. The molecule has 0 heterocycles. The lowest BCUT2D eigenvalue weighted by Crippen LogP contribution is -2.22. The summed E-state index contributed by atoms with van der Waals surface area (Å²) in [6.07, 6.45) is 0. The molecular weight excluding hydrogens is 312 g/mol. The van der Waals surface area contributed by atoms with Gasteiger partial charge in [0.1, 0.15) is 11.0 Å². The maximum Gasteiger partial charge on any atom is 0.186 e. The number of methoxy groups -OCH3 is 1. The first kappa shape index (κ1) is 17.3. The van der Waals surface area contributed by atoms with Crippen LogP contribution < -0.4 is 15.4 Å². The van der Waals surface area contributed by atoms with Crippen molar-refractivity contribution < 1.29 is 13.2 Å². The molecule has 2 rings (SSSR count). The Morgan fingerprint density at radius 2 is 1.61 bits per heavy atom. The molecule has 1 atom stereocenters. The fourth-order valence-corrected chi connectivity index (χ4v) is 3.97. The van der Waals surface area contributed by atoms with E-state index in [1.54, 1.807) is 31.4 Å². The summed E-state index contributed by atoms with van der Waals surface area (Å²) in [7, 11) is 1.85. The van der Waals surface area contributed by atoms with E-state index in [0.29, 0.717) is 11.3 Å². The number of ether oxygens (including phenoxy) is 1. The lowest BCUT2D eigenvalue weighted by molar-refractivity contribution is 0.414. The van der Waals surface area contributed by atoms with Gasteiger partial charge in [-0.3, -0.25) is 0 Å². The Kier molecular flexibility index (Phi) is 5.28. The molecule has 2 aromatic carbocycles. The Labute approximate surface area is 137 Å². The van der Waals surface area contributed by atoms with Crippen molar-refractivity contribution in [3.63, 3.8) is 0 Å². The highest BCUT2D eigenvalue weighted by Gasteiger charge is 2.28. The third kappa shape index (κ3) is 3.65. The highest BCUT2D eigenvalue weighted by atomic mass is 32.2. The molecule has 0 aromatic heterocycles. The smallest absolute Gasteiger partial charge is 0.186 e. The number of nitrogens with zero attached hydrogens (tertiary/aromatic N) is 1. The van der Waals surface area contributed by atoms with Gasteiger partial charge in [0.25, 0.3) is 0 Å². The van der Waals surface area contributed by atoms with Crippen LogP contribution in [0.2, 0.25) is 0 Å². The van der Waals surface area contributed by atoms with E-state index in [9.17, 15) is 8.42 Å². The van der Waals surface area contributed by atoms with Crippen LogP contribution in [-0.2, 0) is 9.84 Å². The molecule has 23 heavy (non-hydrogen) atoms. The zero-order chi connectivity index (χ0) is 17.0. The molecule has 0 amide bonds. The van der Waals surface area contributed by atoms with Gasteiger partial charge in [0, 0.05) is 26.3 Å². The van der Waals surface area contributed by atoms with Crippen LogP contribution in [0.1, 0.15) is 10.8 Å². The van der Waals surface area contributed by atoms with Crippen molar-refractivity contribution in [2.24, 2.45) is 5.73 Å². The van der Waals surface area contributed by atoms with E-state index in [2.05, 4.69) is 0 Å². The van der Waals surface area contributed by atoms with E-state index in [1.807, 2.05) is 43.3 Å². The minimum Gasteiger partial charge on any atom is -0.497 e. The summed E-state index contributed by atoms with van der Waals surface area (Å²) in [5.41, 5.74) is 7.46. The minimum atomic E-state index is -3.56. The van der Waals surface area contributed by atoms with E-state index in [4.69, 9.17) is 10.5 Å². The van der Waals surface area contributed by atoms with Crippen LogP contribution in [0.25, 0.3) is 0 Å². The normalized spacial score (nSPS) is 12.7. The predicted molar refractivity (Wildman–Crippen MR) is 92.7 cm³/mol. The molecular formula is C17H22N2O3S. The van der Waals surface area contributed by atoms with Gasteiger partial charge < -0.3 is 15.4 Å². The molecule has 0 saturated carbocycles. The largest absolute Gasteiger partial charge is 0.497 e. The molecule has 2 N–H and O–H groups in total. The first-order valence-corrected chi connectivity index (χ1v) is 8.80. The van der Waals surface area contributed by atoms with Crippen LogP contribution >= 0.6 is 0 Å². The van der Waals surface area contributed by atoms with Crippen molar-refractivity contribution in [1.29, 1.82) is 0 Å². The van der Waals surface area contributed by atoms with Crippen molar-refractivity contribution in [1.82, 2.24) is 0 Å². The van der Waals surface area contributed by atoms with Crippen molar-refractivity contribution in [2.75, 3.05) is 32.6 Å². The SMILES string of the molecule is COc1ccc(S(=O)(=O)[C@H](CN)c2ccc(N(C)C)cc2)cc1. The number of benzene rings is 2. The molecule has 0 aliphatic rings. The molecule has 0 bridgehead atoms. The van der Waals surface area contributed by atoms with Crippen LogP contribution in [0.15, 0.2) is 53.4 Å². The number of hydrogen-bond donors (Lipinski definition) is 1. The summed E-state index contributed by atoms with van der Waals surface area (Å²) in [6, 6.07) is 13.8. The molecule has 2 aromatic rings. The zero-order valence-electron chi connectivity index (χ0n) is 13.6. The number of nitrogens with two attached hydrogens (primary N) is 1. The van der Waals surface area contributed by atoms with Gasteiger partial charge in [-0.15, -0.1) is 0 Å². The fourth-order valence-electron chi connectivity index (χ4n) is 2.36. The van der Waals surface area contributed by atoms with Crippen molar-refractivity contribution in [3.8, 4) is 5.75 Å². The third-order valence-corrected chi connectivity index (χ3v) is 5.90. The first-order chi connectivity index (χ1) is 10.9. The second-order valence-electron chi connectivity index (χ2n) is 5.43. The van der Waals surface area contributed by atoms with Gasteiger partial charge in [-0.25, -0.2) is 8.42 Å². The Morgan fingerprint density at radius 1 is 1.04 bits per heavy atom. The lowest BCUT2D eigenvalue weighted by Gasteiger charge is -2.18. The monoisotopic (exact) mass is 334 g/mol. The zero-order valence-corrected chi connectivity index (χ0v) is 14.4. The molecule has 124 valence electrons. The Hall–Kier alpha value is -2.05. The summed E-state index contributed by atoms with van der Waals surface area (Å²) < 4.78 is 30.8. The lowest BCUT2D eigenvalue weighted by atomic mass is 10.1. The Bertz CT molecular complexity index is 738. The topological polar surface area (TPSA) is 72.6 Å². The summed E-state index contributed by atoms with van der Waals surface area (Å²) in [5.74, 6) is 0.614. The van der Waals surface area contributed by atoms with Gasteiger partial charge in [0.05, 0.1) is 12.0 Å². The van der Waals surface area contributed by atoms with E-state index in [-0.39, 0.29) is 11.4 Å². The van der Waals surface area contributed by atoms with Gasteiger partial charge in [0.2, 0.25) is 0 Å². The number of sulfone groups is 1. The number of hydrogen-bond acceptors (Lipinski definition) is 5. The summed E-state index contributed by atoms with van der Waals surface area (Å²) in [6.45, 7) is 0.0235. The van der Waals surface area contributed by atoms with Gasteiger partial charge in [-0.2, -0.15) is 0 Å². The molecule has 0 unspecified atom stereocenters. The summed E-state index contributed by atoms with van der Waals surface area (Å²) >= 11 is 0. The first-order valence-electron chi connectivity index (χ1n) is 7.25. The van der Waals surface area contributed by atoms with Crippen molar-refractivity contribution in [2.45, 2.75) is 10.1 Å². The summed E-state index contributed by atoms with van der Waals surface area (Å²) in [4.78, 5) is 2.20. The quantitative estimate of drug-likeness (QED) is 0.877. The van der Waals surface area contributed by atoms with Crippen LogP contribution in [0.3, 0.4) is 0 Å². The molecule has 5 nitrogen and oxygen atoms in total. The second-order valence-corrected chi connectivity index (χ2v) is 7.56. The highest BCUT2D eigenvalue weighted by Crippen LogP contribution is 2.30.